The molecule has 0 saturated carbocycles. The summed E-state index contributed by atoms with van der Waals surface area (Å²) in [6, 6.07) is 0. The molecule has 1 aromatic rings. The molecule has 2 heterocycles. The van der Waals surface area contributed by atoms with Crippen LogP contribution in [0.3, 0.4) is 0 Å². The Morgan fingerprint density at radius 3 is 2.81 bits per heavy atom. The van der Waals surface area contributed by atoms with E-state index in [1.54, 1.807) is 17.3 Å². The highest BCUT2D eigenvalue weighted by atomic mass is 16.5. The molecule has 1 fully saturated rings. The molecule has 1 aliphatic heterocycles. The maximum Gasteiger partial charge on any atom is 0.153 e. The Kier molecular flexibility index (Phi) is 4.30. The third-order valence-electron chi connectivity index (χ3n) is 2.98. The summed E-state index contributed by atoms with van der Waals surface area (Å²) in [5.41, 5.74) is 0. The number of hydrogen-bond acceptors (Lipinski definition) is 4. The van der Waals surface area contributed by atoms with Crippen molar-refractivity contribution in [3.05, 3.63) is 12.7 Å². The van der Waals surface area contributed by atoms with Crippen LogP contribution in [-0.2, 0) is 4.74 Å². The van der Waals surface area contributed by atoms with E-state index in [-0.39, 0.29) is 6.23 Å². The Morgan fingerprint density at radius 1 is 1.38 bits per heavy atom. The van der Waals surface area contributed by atoms with Crippen LogP contribution in [0.15, 0.2) is 12.7 Å². The van der Waals surface area contributed by atoms with Crippen LogP contribution >= 0.6 is 0 Å². The standard InChI is InChI=1S/C11H20N4O/c1-2-16-11(15-10-12-9-13-15)5-8-14-6-3-4-7-14/h9-11H,2-8H2,1H3. The van der Waals surface area contributed by atoms with E-state index in [1.807, 2.05) is 6.92 Å². The van der Waals surface area contributed by atoms with E-state index in [0.717, 1.165) is 13.0 Å². The van der Waals surface area contributed by atoms with Crippen molar-refractivity contribution in [3.8, 4) is 0 Å². The summed E-state index contributed by atoms with van der Waals surface area (Å²) in [6.45, 7) is 6.28. The lowest BCUT2D eigenvalue weighted by Gasteiger charge is -2.20. The van der Waals surface area contributed by atoms with Crippen molar-refractivity contribution in [2.45, 2.75) is 32.4 Å². The minimum absolute atomic E-state index is 0.0353. The van der Waals surface area contributed by atoms with Crippen molar-refractivity contribution in [1.29, 1.82) is 0 Å². The molecule has 16 heavy (non-hydrogen) atoms. The highest BCUT2D eigenvalue weighted by Crippen LogP contribution is 2.15. The summed E-state index contributed by atoms with van der Waals surface area (Å²) in [4.78, 5) is 6.45. The number of hydrogen-bond donors (Lipinski definition) is 0. The van der Waals surface area contributed by atoms with Crippen LogP contribution in [0.25, 0.3) is 0 Å². The van der Waals surface area contributed by atoms with Crippen LogP contribution in [0.4, 0.5) is 0 Å². The van der Waals surface area contributed by atoms with Crippen LogP contribution in [0.1, 0.15) is 32.4 Å². The molecule has 1 aromatic heterocycles. The molecule has 5 heteroatoms. The van der Waals surface area contributed by atoms with Gasteiger partial charge in [-0.25, -0.2) is 9.67 Å². The molecule has 90 valence electrons. The molecule has 1 saturated heterocycles. The second-order valence-electron chi connectivity index (χ2n) is 4.12. The van der Waals surface area contributed by atoms with E-state index in [4.69, 9.17) is 4.74 Å². The largest absolute Gasteiger partial charge is 0.357 e. The van der Waals surface area contributed by atoms with Crippen molar-refractivity contribution in [2.24, 2.45) is 0 Å². The number of likely N-dealkylation sites (tertiary alicyclic amines) is 1. The zero-order chi connectivity index (χ0) is 11.2. The first kappa shape index (κ1) is 11.5. The average molecular weight is 224 g/mol. The van der Waals surface area contributed by atoms with Gasteiger partial charge < -0.3 is 9.64 Å². The van der Waals surface area contributed by atoms with Gasteiger partial charge in [-0.1, -0.05) is 0 Å². The summed E-state index contributed by atoms with van der Waals surface area (Å²) >= 11 is 0. The van der Waals surface area contributed by atoms with Gasteiger partial charge in [0.2, 0.25) is 0 Å². The third-order valence-corrected chi connectivity index (χ3v) is 2.98. The Bertz CT molecular complexity index is 282. The molecule has 5 nitrogen and oxygen atoms in total. The quantitative estimate of drug-likeness (QED) is 0.730. The topological polar surface area (TPSA) is 43.2 Å². The monoisotopic (exact) mass is 224 g/mol. The van der Waals surface area contributed by atoms with E-state index in [0.29, 0.717) is 6.61 Å². The van der Waals surface area contributed by atoms with Crippen LogP contribution in [0.2, 0.25) is 0 Å². The molecule has 0 spiro atoms. The average Bonchev–Trinajstić information content (AvgIpc) is 2.96. The second-order valence-corrected chi connectivity index (χ2v) is 4.12. The molecule has 0 amide bonds. The van der Waals surface area contributed by atoms with Gasteiger partial charge in [0.05, 0.1) is 0 Å². The molecule has 0 aliphatic carbocycles. The Hall–Kier alpha value is -0.940. The Morgan fingerprint density at radius 2 is 2.19 bits per heavy atom. The van der Waals surface area contributed by atoms with Gasteiger partial charge in [0.15, 0.2) is 6.23 Å². The number of rotatable bonds is 6. The molecule has 2 rings (SSSR count). The van der Waals surface area contributed by atoms with E-state index in [2.05, 4.69) is 15.0 Å². The number of aromatic nitrogens is 3. The fourth-order valence-electron chi connectivity index (χ4n) is 2.15. The van der Waals surface area contributed by atoms with Gasteiger partial charge in [0.1, 0.15) is 12.7 Å². The SMILES string of the molecule is CCOC(CCN1CCCC1)n1cncn1. The van der Waals surface area contributed by atoms with Gasteiger partial charge in [-0.05, 0) is 32.9 Å². The fourth-order valence-corrected chi connectivity index (χ4v) is 2.15. The lowest BCUT2D eigenvalue weighted by atomic mass is 10.3. The molecule has 0 N–H and O–H groups in total. The van der Waals surface area contributed by atoms with E-state index < -0.39 is 0 Å². The molecule has 1 atom stereocenters. The van der Waals surface area contributed by atoms with Gasteiger partial charge in [-0.15, -0.1) is 0 Å². The second kappa shape index (κ2) is 5.96. The first-order valence-electron chi connectivity index (χ1n) is 6.08. The van der Waals surface area contributed by atoms with E-state index in [1.165, 1.54) is 25.9 Å². The highest BCUT2D eigenvalue weighted by molar-refractivity contribution is 4.69. The van der Waals surface area contributed by atoms with Crippen molar-refractivity contribution in [2.75, 3.05) is 26.2 Å². The zero-order valence-electron chi connectivity index (χ0n) is 9.88. The van der Waals surface area contributed by atoms with Crippen molar-refractivity contribution in [3.63, 3.8) is 0 Å². The minimum atomic E-state index is 0.0353. The molecular weight excluding hydrogens is 204 g/mol. The molecule has 1 unspecified atom stereocenters. The van der Waals surface area contributed by atoms with Crippen LogP contribution in [0.5, 0.6) is 0 Å². The minimum Gasteiger partial charge on any atom is -0.357 e. The smallest absolute Gasteiger partial charge is 0.153 e. The fraction of sp³-hybridized carbons (Fsp3) is 0.818. The summed E-state index contributed by atoms with van der Waals surface area (Å²) in [5, 5.41) is 4.14. The van der Waals surface area contributed by atoms with E-state index in [9.17, 15) is 0 Å². The van der Waals surface area contributed by atoms with Gasteiger partial charge in [-0.3, -0.25) is 0 Å². The Balaban J connectivity index is 1.82. The van der Waals surface area contributed by atoms with Crippen molar-refractivity contribution < 1.29 is 4.74 Å². The van der Waals surface area contributed by atoms with Gasteiger partial charge in [0, 0.05) is 19.6 Å². The molecule has 1 aliphatic rings. The zero-order valence-corrected chi connectivity index (χ0v) is 9.88. The molecular formula is C11H20N4O. The van der Waals surface area contributed by atoms with Crippen LogP contribution < -0.4 is 0 Å². The number of nitrogens with zero attached hydrogens (tertiary/aromatic N) is 4. The lowest BCUT2D eigenvalue weighted by Crippen LogP contribution is -2.25. The first-order valence-corrected chi connectivity index (χ1v) is 6.08. The Labute approximate surface area is 96.4 Å². The van der Waals surface area contributed by atoms with Gasteiger partial charge in [-0.2, -0.15) is 5.10 Å². The summed E-state index contributed by atoms with van der Waals surface area (Å²) in [5.74, 6) is 0. The summed E-state index contributed by atoms with van der Waals surface area (Å²) in [7, 11) is 0. The number of ether oxygens (including phenoxy) is 1. The van der Waals surface area contributed by atoms with E-state index >= 15 is 0 Å². The lowest BCUT2D eigenvalue weighted by molar-refractivity contribution is -0.00977. The summed E-state index contributed by atoms with van der Waals surface area (Å²) < 4.78 is 7.49. The molecule has 0 radical (unpaired) electrons. The predicted molar refractivity (Wildman–Crippen MR) is 61.0 cm³/mol. The molecule has 0 bridgehead atoms. The van der Waals surface area contributed by atoms with Crippen LogP contribution in [-0.4, -0.2) is 45.9 Å². The maximum absolute atomic E-state index is 5.68. The third kappa shape index (κ3) is 3.02. The normalized spacial score (nSPS) is 19.1. The first-order chi connectivity index (χ1) is 7.90. The molecule has 0 aromatic carbocycles. The van der Waals surface area contributed by atoms with Gasteiger partial charge >= 0.3 is 0 Å². The van der Waals surface area contributed by atoms with Crippen molar-refractivity contribution in [1.82, 2.24) is 19.7 Å². The highest BCUT2D eigenvalue weighted by Gasteiger charge is 2.16. The van der Waals surface area contributed by atoms with Crippen molar-refractivity contribution >= 4 is 0 Å². The predicted octanol–water partition coefficient (Wildman–Crippen LogP) is 1.30. The van der Waals surface area contributed by atoms with Crippen LogP contribution in [0, 0.1) is 0 Å². The summed E-state index contributed by atoms with van der Waals surface area (Å²) in [6.07, 6.45) is 6.97. The maximum atomic E-state index is 5.68. The van der Waals surface area contributed by atoms with Gasteiger partial charge in [0.25, 0.3) is 0 Å².